The standard InChI is InChI=1S/C26H37N3O3/c1-19(2)20-10-12-22(13-11-20)24(30)27-15-17-28(18-16-27)26(32)23-9-6-14-29(23)25(31)21-7-4-3-5-8-21/h10-13,19,21,23H,3-9,14-18H2,1-2H3. The second kappa shape index (κ2) is 10.1. The summed E-state index contributed by atoms with van der Waals surface area (Å²) in [5.41, 5.74) is 1.93. The van der Waals surface area contributed by atoms with Gasteiger partial charge < -0.3 is 14.7 Å². The Labute approximate surface area is 191 Å². The van der Waals surface area contributed by atoms with Crippen molar-refractivity contribution in [1.82, 2.24) is 14.7 Å². The summed E-state index contributed by atoms with van der Waals surface area (Å²) >= 11 is 0. The maximum atomic E-state index is 13.3. The van der Waals surface area contributed by atoms with E-state index in [1.807, 2.05) is 39.0 Å². The van der Waals surface area contributed by atoms with E-state index in [-0.39, 0.29) is 29.7 Å². The summed E-state index contributed by atoms with van der Waals surface area (Å²) in [7, 11) is 0. The topological polar surface area (TPSA) is 60.9 Å². The fourth-order valence-electron chi connectivity index (χ4n) is 5.41. The molecule has 0 spiro atoms. The number of amides is 3. The summed E-state index contributed by atoms with van der Waals surface area (Å²) in [6, 6.07) is 7.55. The molecular weight excluding hydrogens is 402 g/mol. The Morgan fingerprint density at radius 2 is 1.38 bits per heavy atom. The van der Waals surface area contributed by atoms with Crippen molar-refractivity contribution in [2.45, 2.75) is 70.8 Å². The second-order valence-electron chi connectivity index (χ2n) is 9.92. The predicted octanol–water partition coefficient (Wildman–Crippen LogP) is 3.67. The highest BCUT2D eigenvalue weighted by Gasteiger charge is 2.39. The van der Waals surface area contributed by atoms with E-state index in [9.17, 15) is 14.4 Å². The van der Waals surface area contributed by atoms with Crippen molar-refractivity contribution in [1.29, 1.82) is 0 Å². The molecule has 3 fully saturated rings. The lowest BCUT2D eigenvalue weighted by Crippen LogP contribution is -2.55. The van der Waals surface area contributed by atoms with E-state index in [4.69, 9.17) is 0 Å². The number of hydrogen-bond donors (Lipinski definition) is 0. The van der Waals surface area contributed by atoms with Crippen molar-refractivity contribution in [2.75, 3.05) is 32.7 Å². The maximum Gasteiger partial charge on any atom is 0.253 e. The molecule has 0 radical (unpaired) electrons. The molecule has 1 aliphatic carbocycles. The van der Waals surface area contributed by atoms with Gasteiger partial charge in [-0.1, -0.05) is 45.2 Å². The summed E-state index contributed by atoms with van der Waals surface area (Å²) in [4.78, 5) is 44.8. The van der Waals surface area contributed by atoms with Crippen LogP contribution in [0.15, 0.2) is 24.3 Å². The zero-order valence-corrected chi connectivity index (χ0v) is 19.6. The normalized spacial score (nSPS) is 22.5. The van der Waals surface area contributed by atoms with Gasteiger partial charge in [0, 0.05) is 44.2 Å². The molecule has 3 aliphatic rings. The molecule has 32 heavy (non-hydrogen) atoms. The van der Waals surface area contributed by atoms with E-state index >= 15 is 0 Å². The molecule has 1 unspecified atom stereocenters. The molecule has 2 saturated heterocycles. The predicted molar refractivity (Wildman–Crippen MR) is 124 cm³/mol. The summed E-state index contributed by atoms with van der Waals surface area (Å²) < 4.78 is 0. The first-order valence-corrected chi connectivity index (χ1v) is 12.4. The van der Waals surface area contributed by atoms with Gasteiger partial charge in [-0.3, -0.25) is 14.4 Å². The van der Waals surface area contributed by atoms with Gasteiger partial charge in [0.05, 0.1) is 0 Å². The van der Waals surface area contributed by atoms with Gasteiger partial charge in [0.25, 0.3) is 5.91 Å². The van der Waals surface area contributed by atoms with Crippen LogP contribution in [0.1, 0.15) is 80.6 Å². The molecule has 0 bridgehead atoms. The fourth-order valence-corrected chi connectivity index (χ4v) is 5.41. The fraction of sp³-hybridized carbons (Fsp3) is 0.654. The van der Waals surface area contributed by atoms with Gasteiger partial charge in [-0.05, 0) is 49.3 Å². The summed E-state index contributed by atoms with van der Waals surface area (Å²) in [5, 5.41) is 0. The summed E-state index contributed by atoms with van der Waals surface area (Å²) in [6.45, 7) is 7.14. The molecule has 1 saturated carbocycles. The number of carbonyl (C=O) groups excluding carboxylic acids is 3. The van der Waals surface area contributed by atoms with E-state index < -0.39 is 0 Å². The Kier molecular flexibility index (Phi) is 7.17. The summed E-state index contributed by atoms with van der Waals surface area (Å²) in [5.74, 6) is 0.837. The molecule has 6 nitrogen and oxygen atoms in total. The average molecular weight is 440 g/mol. The zero-order chi connectivity index (χ0) is 22.7. The first-order valence-electron chi connectivity index (χ1n) is 12.4. The molecule has 1 aromatic rings. The van der Waals surface area contributed by atoms with Gasteiger partial charge in [0.15, 0.2) is 0 Å². The highest BCUT2D eigenvalue weighted by Crippen LogP contribution is 2.29. The van der Waals surface area contributed by atoms with Crippen molar-refractivity contribution in [2.24, 2.45) is 5.92 Å². The summed E-state index contributed by atoms with van der Waals surface area (Å²) in [6.07, 6.45) is 7.07. The van der Waals surface area contributed by atoms with Crippen LogP contribution in [-0.4, -0.2) is 71.2 Å². The van der Waals surface area contributed by atoms with Crippen LogP contribution in [0.2, 0.25) is 0 Å². The molecule has 0 N–H and O–H groups in total. The van der Waals surface area contributed by atoms with Gasteiger partial charge in [0.2, 0.25) is 11.8 Å². The van der Waals surface area contributed by atoms with Gasteiger partial charge in [-0.2, -0.15) is 0 Å². The quantitative estimate of drug-likeness (QED) is 0.719. The average Bonchev–Trinajstić information content (AvgIpc) is 3.33. The number of hydrogen-bond acceptors (Lipinski definition) is 3. The van der Waals surface area contributed by atoms with E-state index in [0.29, 0.717) is 44.2 Å². The molecule has 1 aromatic carbocycles. The van der Waals surface area contributed by atoms with E-state index in [1.165, 1.54) is 12.0 Å². The smallest absolute Gasteiger partial charge is 0.253 e. The van der Waals surface area contributed by atoms with Crippen LogP contribution in [0, 0.1) is 5.92 Å². The van der Waals surface area contributed by atoms with E-state index in [1.54, 1.807) is 0 Å². The van der Waals surface area contributed by atoms with Crippen LogP contribution in [0.4, 0.5) is 0 Å². The number of piperazine rings is 1. The first-order chi connectivity index (χ1) is 15.5. The van der Waals surface area contributed by atoms with E-state index in [2.05, 4.69) is 13.8 Å². The van der Waals surface area contributed by atoms with Crippen LogP contribution in [-0.2, 0) is 9.59 Å². The van der Waals surface area contributed by atoms with Crippen molar-refractivity contribution >= 4 is 17.7 Å². The number of benzene rings is 1. The van der Waals surface area contributed by atoms with Crippen molar-refractivity contribution < 1.29 is 14.4 Å². The number of likely N-dealkylation sites (tertiary alicyclic amines) is 1. The second-order valence-corrected chi connectivity index (χ2v) is 9.92. The molecule has 0 aromatic heterocycles. The third-order valence-electron chi connectivity index (χ3n) is 7.48. The lowest BCUT2D eigenvalue weighted by Gasteiger charge is -2.38. The molecular formula is C26H37N3O3. The number of carbonyl (C=O) groups is 3. The van der Waals surface area contributed by atoms with Gasteiger partial charge in [-0.25, -0.2) is 0 Å². The maximum absolute atomic E-state index is 13.3. The molecule has 2 aliphatic heterocycles. The van der Waals surface area contributed by atoms with Crippen LogP contribution in [0.25, 0.3) is 0 Å². The van der Waals surface area contributed by atoms with Gasteiger partial charge >= 0.3 is 0 Å². The largest absolute Gasteiger partial charge is 0.337 e. The molecule has 174 valence electrons. The van der Waals surface area contributed by atoms with Gasteiger partial charge in [0.1, 0.15) is 6.04 Å². The number of nitrogens with zero attached hydrogens (tertiary/aromatic N) is 3. The van der Waals surface area contributed by atoms with Crippen molar-refractivity contribution in [3.63, 3.8) is 0 Å². The third-order valence-corrected chi connectivity index (χ3v) is 7.48. The molecule has 1 atom stereocenters. The Morgan fingerprint density at radius 3 is 2.00 bits per heavy atom. The highest BCUT2D eigenvalue weighted by molar-refractivity contribution is 5.94. The minimum Gasteiger partial charge on any atom is -0.337 e. The Bertz CT molecular complexity index is 821. The van der Waals surface area contributed by atoms with E-state index in [0.717, 1.165) is 38.5 Å². The third kappa shape index (κ3) is 4.84. The molecule has 3 amide bonds. The van der Waals surface area contributed by atoms with Crippen molar-refractivity contribution in [3.05, 3.63) is 35.4 Å². The molecule has 2 heterocycles. The van der Waals surface area contributed by atoms with Crippen LogP contribution >= 0.6 is 0 Å². The van der Waals surface area contributed by atoms with Crippen LogP contribution in [0.3, 0.4) is 0 Å². The minimum atomic E-state index is -0.310. The monoisotopic (exact) mass is 439 g/mol. The Balaban J connectivity index is 1.32. The highest BCUT2D eigenvalue weighted by atomic mass is 16.2. The Hall–Kier alpha value is -2.37. The lowest BCUT2D eigenvalue weighted by atomic mass is 9.88. The SMILES string of the molecule is CC(C)c1ccc(C(=O)N2CCN(C(=O)C3CCCN3C(=O)C3CCCCC3)CC2)cc1. The molecule has 4 rings (SSSR count). The van der Waals surface area contributed by atoms with Crippen molar-refractivity contribution in [3.8, 4) is 0 Å². The molecule has 6 heteroatoms. The van der Waals surface area contributed by atoms with Crippen LogP contribution < -0.4 is 0 Å². The van der Waals surface area contributed by atoms with Crippen LogP contribution in [0.5, 0.6) is 0 Å². The Morgan fingerprint density at radius 1 is 0.750 bits per heavy atom. The zero-order valence-electron chi connectivity index (χ0n) is 19.6. The minimum absolute atomic E-state index is 0.0300. The first kappa shape index (κ1) is 22.8. The lowest BCUT2D eigenvalue weighted by molar-refractivity contribution is -0.147. The number of rotatable bonds is 4. The van der Waals surface area contributed by atoms with Gasteiger partial charge in [-0.15, -0.1) is 0 Å².